The first-order valence-electron chi connectivity index (χ1n) is 7.24. The quantitative estimate of drug-likeness (QED) is 0.738. The predicted molar refractivity (Wildman–Crippen MR) is 91.0 cm³/mol. The topological polar surface area (TPSA) is 74.8 Å². The van der Waals surface area contributed by atoms with E-state index in [0.717, 1.165) is 0 Å². The first-order chi connectivity index (χ1) is 10.6. The van der Waals surface area contributed by atoms with Gasteiger partial charge in [0.1, 0.15) is 0 Å². The predicted octanol–water partition coefficient (Wildman–Crippen LogP) is 1.08. The Balaban J connectivity index is 2.33. The van der Waals surface area contributed by atoms with Gasteiger partial charge in [0.05, 0.1) is 16.4 Å². The lowest BCUT2D eigenvalue weighted by Crippen LogP contribution is -2.44. The molecule has 6 nitrogen and oxygen atoms in total. The minimum absolute atomic E-state index is 0.0340. The molecule has 0 bridgehead atoms. The lowest BCUT2D eigenvalue weighted by molar-refractivity contribution is 0.293. The summed E-state index contributed by atoms with van der Waals surface area (Å²) < 4.78 is 50.7. The number of sulfonamides is 1. The van der Waals surface area contributed by atoms with Gasteiger partial charge in [-0.3, -0.25) is 0 Å². The molecule has 0 spiro atoms. The van der Waals surface area contributed by atoms with Crippen molar-refractivity contribution in [3.05, 3.63) is 29.3 Å². The number of halogens is 1. The maximum absolute atomic E-state index is 12.9. The van der Waals surface area contributed by atoms with Gasteiger partial charge in [0.15, 0.2) is 9.84 Å². The van der Waals surface area contributed by atoms with Gasteiger partial charge in [-0.15, -0.1) is 0 Å². The molecule has 0 N–H and O–H groups in total. The van der Waals surface area contributed by atoms with E-state index < -0.39 is 25.9 Å². The first-order valence-corrected chi connectivity index (χ1v) is 10.9. The Labute approximate surface area is 143 Å². The first kappa shape index (κ1) is 18.7. The fourth-order valence-corrected chi connectivity index (χ4v) is 6.14. The molecule has 1 saturated heterocycles. The van der Waals surface area contributed by atoms with Gasteiger partial charge in [-0.25, -0.2) is 16.8 Å². The van der Waals surface area contributed by atoms with Crippen LogP contribution in [0.4, 0.5) is 0 Å². The largest absolute Gasteiger partial charge is 0.308 e. The average molecular weight is 381 g/mol. The van der Waals surface area contributed by atoms with Crippen molar-refractivity contribution >= 4 is 31.5 Å². The maximum Gasteiger partial charge on any atom is 0.243 e. The Hall–Kier alpha value is -0.670. The van der Waals surface area contributed by atoms with Crippen LogP contribution >= 0.6 is 11.6 Å². The number of sulfone groups is 1. The molecule has 0 aliphatic carbocycles. The molecule has 0 radical (unpaired) electrons. The van der Waals surface area contributed by atoms with E-state index in [9.17, 15) is 16.8 Å². The molecule has 1 aliphatic rings. The molecule has 1 aliphatic heterocycles. The zero-order valence-corrected chi connectivity index (χ0v) is 15.5. The minimum atomic E-state index is -3.76. The fourth-order valence-electron chi connectivity index (χ4n) is 2.54. The van der Waals surface area contributed by atoms with Crippen molar-refractivity contribution in [1.29, 1.82) is 0 Å². The van der Waals surface area contributed by atoms with Crippen molar-refractivity contribution < 1.29 is 16.8 Å². The molecule has 130 valence electrons. The fraction of sp³-hybridized carbons (Fsp3) is 0.571. The SMILES string of the molecule is CN(C)CCN([C@@H]1CCS(=O)(=O)C1)S(=O)(=O)c1ccc(Cl)cc1. The highest BCUT2D eigenvalue weighted by atomic mass is 35.5. The van der Waals surface area contributed by atoms with E-state index in [2.05, 4.69) is 0 Å². The van der Waals surface area contributed by atoms with Crippen LogP contribution in [0.25, 0.3) is 0 Å². The Kier molecular flexibility index (Phi) is 5.73. The van der Waals surface area contributed by atoms with Crippen LogP contribution in [-0.4, -0.2) is 70.8 Å². The van der Waals surface area contributed by atoms with Crippen LogP contribution < -0.4 is 0 Å². The number of rotatable bonds is 6. The molecule has 1 aromatic carbocycles. The molecule has 23 heavy (non-hydrogen) atoms. The summed E-state index contributed by atoms with van der Waals surface area (Å²) in [5.74, 6) is -0.0838. The highest BCUT2D eigenvalue weighted by molar-refractivity contribution is 7.92. The Morgan fingerprint density at radius 2 is 1.78 bits per heavy atom. The molecule has 1 atom stereocenters. The molecule has 0 unspecified atom stereocenters. The minimum Gasteiger partial charge on any atom is -0.308 e. The Morgan fingerprint density at radius 1 is 1.17 bits per heavy atom. The van der Waals surface area contributed by atoms with Crippen LogP contribution in [0.15, 0.2) is 29.2 Å². The zero-order chi connectivity index (χ0) is 17.3. The van der Waals surface area contributed by atoms with Crippen LogP contribution in [0.2, 0.25) is 5.02 Å². The number of benzene rings is 1. The van der Waals surface area contributed by atoms with Crippen molar-refractivity contribution in [1.82, 2.24) is 9.21 Å². The second kappa shape index (κ2) is 7.06. The van der Waals surface area contributed by atoms with Crippen LogP contribution in [0.5, 0.6) is 0 Å². The van der Waals surface area contributed by atoms with E-state index in [1.807, 2.05) is 19.0 Å². The van der Waals surface area contributed by atoms with E-state index in [1.54, 1.807) is 0 Å². The van der Waals surface area contributed by atoms with Crippen LogP contribution in [0, 0.1) is 0 Å². The number of nitrogens with zero attached hydrogens (tertiary/aromatic N) is 2. The van der Waals surface area contributed by atoms with Gasteiger partial charge in [0.25, 0.3) is 0 Å². The maximum atomic E-state index is 12.9. The third-order valence-electron chi connectivity index (χ3n) is 3.80. The molecule has 1 aromatic rings. The summed E-state index contributed by atoms with van der Waals surface area (Å²) >= 11 is 5.81. The van der Waals surface area contributed by atoms with E-state index >= 15 is 0 Å². The number of hydrogen-bond acceptors (Lipinski definition) is 5. The number of likely N-dealkylation sites (N-methyl/N-ethyl adjacent to an activating group) is 1. The summed E-state index contributed by atoms with van der Waals surface area (Å²) in [6, 6.07) is 5.42. The third kappa shape index (κ3) is 4.67. The van der Waals surface area contributed by atoms with Crippen molar-refractivity contribution in [3.8, 4) is 0 Å². The second-order valence-corrected chi connectivity index (χ2v) is 10.5. The van der Waals surface area contributed by atoms with Crippen LogP contribution in [0.1, 0.15) is 6.42 Å². The van der Waals surface area contributed by atoms with Crippen LogP contribution in [-0.2, 0) is 19.9 Å². The standard InChI is InChI=1S/C14H21ClN2O4S2/c1-16(2)8-9-17(13-7-10-22(18,19)11-13)23(20,21)14-5-3-12(15)4-6-14/h3-6,13H,7-11H2,1-2H3/t13-/m1/s1. The molecule has 9 heteroatoms. The van der Waals surface area contributed by atoms with Gasteiger partial charge in [-0.1, -0.05) is 11.6 Å². The average Bonchev–Trinajstić information content (AvgIpc) is 2.79. The van der Waals surface area contributed by atoms with E-state index in [4.69, 9.17) is 11.6 Å². The smallest absolute Gasteiger partial charge is 0.243 e. The Bertz CT molecular complexity index is 745. The molecule has 1 heterocycles. The summed E-state index contributed by atoms with van der Waals surface area (Å²) in [7, 11) is -3.24. The molecule has 0 aromatic heterocycles. The Morgan fingerprint density at radius 3 is 2.26 bits per heavy atom. The van der Waals surface area contributed by atoms with Gasteiger partial charge in [0, 0.05) is 24.2 Å². The second-order valence-electron chi connectivity index (χ2n) is 5.93. The van der Waals surface area contributed by atoms with E-state index in [0.29, 0.717) is 18.0 Å². The summed E-state index contributed by atoms with van der Waals surface area (Å²) in [6.07, 6.45) is 0.336. The van der Waals surface area contributed by atoms with Gasteiger partial charge in [-0.2, -0.15) is 4.31 Å². The van der Waals surface area contributed by atoms with Crippen molar-refractivity contribution in [2.75, 3.05) is 38.7 Å². The molecule has 1 fully saturated rings. The summed E-state index contributed by atoms with van der Waals surface area (Å²) in [4.78, 5) is 2.00. The summed E-state index contributed by atoms with van der Waals surface area (Å²) in [5.41, 5.74) is 0. The molecular formula is C14H21ClN2O4S2. The van der Waals surface area contributed by atoms with Crippen molar-refractivity contribution in [2.24, 2.45) is 0 Å². The molecular weight excluding hydrogens is 360 g/mol. The molecule has 2 rings (SSSR count). The third-order valence-corrected chi connectivity index (χ3v) is 7.77. The van der Waals surface area contributed by atoms with Gasteiger partial charge < -0.3 is 4.90 Å². The van der Waals surface area contributed by atoms with Gasteiger partial charge in [0.2, 0.25) is 10.0 Å². The van der Waals surface area contributed by atoms with E-state index in [-0.39, 0.29) is 22.9 Å². The molecule has 0 amide bonds. The van der Waals surface area contributed by atoms with Gasteiger partial charge >= 0.3 is 0 Å². The number of hydrogen-bond donors (Lipinski definition) is 0. The monoisotopic (exact) mass is 380 g/mol. The zero-order valence-electron chi connectivity index (χ0n) is 13.1. The highest BCUT2D eigenvalue weighted by Gasteiger charge is 2.38. The normalized spacial score (nSPS) is 21.2. The summed E-state index contributed by atoms with van der Waals surface area (Å²) in [5, 5.41) is 0.451. The lowest BCUT2D eigenvalue weighted by Gasteiger charge is -2.28. The highest BCUT2D eigenvalue weighted by Crippen LogP contribution is 2.25. The van der Waals surface area contributed by atoms with Crippen molar-refractivity contribution in [3.63, 3.8) is 0 Å². The van der Waals surface area contributed by atoms with Crippen molar-refractivity contribution in [2.45, 2.75) is 17.4 Å². The van der Waals surface area contributed by atoms with E-state index in [1.165, 1.54) is 28.6 Å². The summed E-state index contributed by atoms with van der Waals surface area (Å²) in [6.45, 7) is 0.765. The van der Waals surface area contributed by atoms with Crippen LogP contribution in [0.3, 0.4) is 0 Å². The lowest BCUT2D eigenvalue weighted by atomic mass is 10.2. The molecule has 0 saturated carbocycles. The van der Waals surface area contributed by atoms with Gasteiger partial charge in [-0.05, 0) is 44.8 Å².